The number of carbonyl (C=O) groups excluding carboxylic acids is 1. The minimum atomic E-state index is -4.03. The molecule has 0 unspecified atom stereocenters. The van der Waals surface area contributed by atoms with Crippen LogP contribution in [0.15, 0.2) is 63.7 Å². The predicted octanol–water partition coefficient (Wildman–Crippen LogP) is 4.77. The number of pyridine rings is 1. The van der Waals surface area contributed by atoms with Crippen LogP contribution >= 0.6 is 45.5 Å². The Morgan fingerprint density at radius 1 is 1.09 bits per heavy atom. The van der Waals surface area contributed by atoms with Crippen molar-refractivity contribution >= 4 is 78.0 Å². The summed E-state index contributed by atoms with van der Waals surface area (Å²) in [5.41, 5.74) is 3.31. The van der Waals surface area contributed by atoms with Crippen molar-refractivity contribution in [2.45, 2.75) is 17.3 Å². The zero-order chi connectivity index (χ0) is 24.9. The van der Waals surface area contributed by atoms with Crippen molar-refractivity contribution in [3.05, 3.63) is 84.1 Å². The Morgan fingerprint density at radius 3 is 2.51 bits per heavy atom. The lowest BCUT2D eigenvalue weighted by Gasteiger charge is -2.13. The minimum absolute atomic E-state index is 0.0597. The summed E-state index contributed by atoms with van der Waals surface area (Å²) in [6.07, 6.45) is 1.74. The van der Waals surface area contributed by atoms with E-state index in [1.54, 1.807) is 29.0 Å². The Bertz CT molecular complexity index is 1670. The lowest BCUT2D eigenvalue weighted by molar-refractivity contribution is 0.256. The summed E-state index contributed by atoms with van der Waals surface area (Å²) in [6.45, 7) is 1.69. The average molecular weight is 641 g/mol. The van der Waals surface area contributed by atoms with E-state index in [0.29, 0.717) is 24.7 Å². The smallest absolute Gasteiger partial charge is 0.307 e. The van der Waals surface area contributed by atoms with Crippen LogP contribution in [0, 0.1) is 3.57 Å². The SMILES string of the molecule is CN1Cc2cc3ccn(-c4ccc(NC(=O)NS(=O)(=O)c5ccc(Cl)s5)cc4I)c(=O)c3cc2C1. The number of amides is 2. The maximum atomic E-state index is 13.3. The van der Waals surface area contributed by atoms with Gasteiger partial charge in [0, 0.05) is 33.9 Å². The first kappa shape index (κ1) is 24.3. The van der Waals surface area contributed by atoms with Gasteiger partial charge in [-0.1, -0.05) is 11.6 Å². The molecule has 8 nitrogen and oxygen atoms in total. The first-order valence-corrected chi connectivity index (χ1v) is 14.1. The zero-order valence-corrected chi connectivity index (χ0v) is 22.8. The summed E-state index contributed by atoms with van der Waals surface area (Å²) >= 11 is 8.72. The van der Waals surface area contributed by atoms with Crippen molar-refractivity contribution in [1.82, 2.24) is 14.2 Å². The number of anilines is 1. The Hall–Kier alpha value is -2.45. The third kappa shape index (κ3) is 4.83. The number of thiophene rings is 1. The van der Waals surface area contributed by atoms with Gasteiger partial charge in [-0.15, -0.1) is 11.3 Å². The molecule has 1 aliphatic heterocycles. The van der Waals surface area contributed by atoms with Crippen LogP contribution in [0.1, 0.15) is 11.1 Å². The molecule has 0 radical (unpaired) electrons. The van der Waals surface area contributed by atoms with E-state index in [4.69, 9.17) is 11.6 Å². The van der Waals surface area contributed by atoms with Gasteiger partial charge < -0.3 is 5.32 Å². The maximum absolute atomic E-state index is 13.3. The molecule has 2 N–H and O–H groups in total. The topological polar surface area (TPSA) is 101 Å². The predicted molar refractivity (Wildman–Crippen MR) is 146 cm³/mol. The number of urea groups is 1. The summed E-state index contributed by atoms with van der Waals surface area (Å²) in [6, 6.07) is 12.8. The van der Waals surface area contributed by atoms with Crippen molar-refractivity contribution in [1.29, 1.82) is 0 Å². The maximum Gasteiger partial charge on any atom is 0.333 e. The summed E-state index contributed by atoms with van der Waals surface area (Å²) in [5, 5.41) is 4.07. The number of nitrogens with zero attached hydrogens (tertiary/aromatic N) is 2. The summed E-state index contributed by atoms with van der Waals surface area (Å²) < 4.78 is 29.1. The lowest BCUT2D eigenvalue weighted by Crippen LogP contribution is -2.34. The van der Waals surface area contributed by atoms with E-state index >= 15 is 0 Å². The van der Waals surface area contributed by atoms with Crippen LogP contribution in [0.4, 0.5) is 10.5 Å². The molecule has 1 aliphatic rings. The standard InChI is InChI=1S/C23H18ClIN4O4S2/c1-28-11-14-8-13-6-7-29(22(30)17(13)9-15(14)12-28)19-3-2-16(10-18(19)25)26-23(31)27-35(32,33)21-5-4-20(24)34-21/h2-10H,11-12H2,1H3,(H2,26,27,31). The van der Waals surface area contributed by atoms with E-state index in [1.807, 2.05) is 23.9 Å². The van der Waals surface area contributed by atoms with Crippen molar-refractivity contribution in [2.24, 2.45) is 0 Å². The second-order valence-corrected chi connectivity index (χ2v) is 12.9. The number of sulfonamides is 1. The van der Waals surface area contributed by atoms with Gasteiger partial charge in [0.05, 0.1) is 10.0 Å². The highest BCUT2D eigenvalue weighted by Gasteiger charge is 2.21. The molecule has 0 saturated heterocycles. The van der Waals surface area contributed by atoms with Crippen molar-refractivity contribution in [2.75, 3.05) is 12.4 Å². The van der Waals surface area contributed by atoms with E-state index in [2.05, 4.69) is 38.9 Å². The van der Waals surface area contributed by atoms with Gasteiger partial charge in [-0.3, -0.25) is 14.3 Å². The molecule has 0 atom stereocenters. The van der Waals surface area contributed by atoms with E-state index in [9.17, 15) is 18.0 Å². The first-order valence-electron chi connectivity index (χ1n) is 10.4. The fourth-order valence-electron chi connectivity index (χ4n) is 4.06. The van der Waals surface area contributed by atoms with Crippen LogP contribution in [0.5, 0.6) is 0 Å². The van der Waals surface area contributed by atoms with Gasteiger partial charge in [-0.2, -0.15) is 0 Å². The normalized spacial score (nSPS) is 13.7. The minimum Gasteiger partial charge on any atom is -0.307 e. The van der Waals surface area contributed by atoms with Gasteiger partial charge >= 0.3 is 6.03 Å². The number of nitrogens with one attached hydrogen (secondary N) is 2. The molecule has 0 spiro atoms. The van der Waals surface area contributed by atoms with Crippen molar-refractivity contribution in [3.8, 4) is 5.69 Å². The van der Waals surface area contributed by atoms with Crippen molar-refractivity contribution < 1.29 is 13.2 Å². The fourth-order valence-corrected chi connectivity index (χ4v) is 7.22. The third-order valence-corrected chi connectivity index (χ3v) is 9.53. The largest absolute Gasteiger partial charge is 0.333 e. The highest BCUT2D eigenvalue weighted by molar-refractivity contribution is 14.1. The molecule has 2 aromatic heterocycles. The molecule has 5 rings (SSSR count). The zero-order valence-electron chi connectivity index (χ0n) is 18.2. The highest BCUT2D eigenvalue weighted by atomic mass is 127. The molecule has 2 amide bonds. The number of carbonyl (C=O) groups is 1. The number of halogens is 2. The van der Waals surface area contributed by atoms with E-state index in [0.717, 1.165) is 35.4 Å². The second kappa shape index (κ2) is 9.21. The Balaban J connectivity index is 1.39. The van der Waals surface area contributed by atoms with E-state index in [-0.39, 0.29) is 9.77 Å². The molecule has 0 fully saturated rings. The number of hydrogen-bond acceptors (Lipinski definition) is 6. The summed E-state index contributed by atoms with van der Waals surface area (Å²) in [7, 11) is -1.98. The Labute approximate surface area is 223 Å². The number of aromatic nitrogens is 1. The quantitative estimate of drug-likeness (QED) is 0.313. The van der Waals surface area contributed by atoms with Crippen LogP contribution in [0.3, 0.4) is 0 Å². The number of fused-ring (bicyclic) bond motifs is 2. The van der Waals surface area contributed by atoms with Gasteiger partial charge in [0.2, 0.25) is 0 Å². The van der Waals surface area contributed by atoms with Gasteiger partial charge in [0.15, 0.2) is 0 Å². The third-order valence-electron chi connectivity index (χ3n) is 5.61. The number of rotatable bonds is 4. The molecule has 2 aromatic carbocycles. The molecule has 35 heavy (non-hydrogen) atoms. The van der Waals surface area contributed by atoms with Crippen LogP contribution in [-0.2, 0) is 23.1 Å². The number of benzene rings is 2. The molecule has 180 valence electrons. The molecule has 4 aromatic rings. The van der Waals surface area contributed by atoms with Gasteiger partial charge in [-0.25, -0.2) is 17.9 Å². The number of hydrogen-bond donors (Lipinski definition) is 2. The molecule has 12 heteroatoms. The molecule has 0 saturated carbocycles. The summed E-state index contributed by atoms with van der Waals surface area (Å²) in [4.78, 5) is 27.8. The van der Waals surface area contributed by atoms with E-state index in [1.165, 1.54) is 17.7 Å². The molecular weight excluding hydrogens is 623 g/mol. The Morgan fingerprint density at radius 2 is 1.83 bits per heavy atom. The van der Waals surface area contributed by atoms with Crippen LogP contribution in [0.25, 0.3) is 16.5 Å². The molecule has 0 aliphatic carbocycles. The van der Waals surface area contributed by atoms with E-state index < -0.39 is 16.1 Å². The van der Waals surface area contributed by atoms with Gasteiger partial charge in [0.1, 0.15) is 4.21 Å². The van der Waals surface area contributed by atoms with Crippen LogP contribution in [0.2, 0.25) is 4.34 Å². The summed E-state index contributed by atoms with van der Waals surface area (Å²) in [5.74, 6) is 0. The monoisotopic (exact) mass is 640 g/mol. The van der Waals surface area contributed by atoms with Gasteiger partial charge in [-0.05, 0) is 94.7 Å². The van der Waals surface area contributed by atoms with Crippen molar-refractivity contribution in [3.63, 3.8) is 0 Å². The molecule has 3 heterocycles. The molecular formula is C23H18ClIN4O4S2. The molecule has 0 bridgehead atoms. The first-order chi connectivity index (χ1) is 16.6. The highest BCUT2D eigenvalue weighted by Crippen LogP contribution is 2.28. The lowest BCUT2D eigenvalue weighted by atomic mass is 10.0. The Kier molecular flexibility index (Phi) is 6.38. The van der Waals surface area contributed by atoms with Crippen LogP contribution in [-0.4, -0.2) is 31.0 Å². The van der Waals surface area contributed by atoms with Gasteiger partial charge in [0.25, 0.3) is 15.6 Å². The van der Waals surface area contributed by atoms with Crippen LogP contribution < -0.4 is 15.6 Å². The fraction of sp³-hybridized carbons (Fsp3) is 0.130. The second-order valence-electron chi connectivity index (χ2n) is 8.16. The average Bonchev–Trinajstić information content (AvgIpc) is 3.38.